The Kier molecular flexibility index (Phi) is 5.29. The summed E-state index contributed by atoms with van der Waals surface area (Å²) in [7, 11) is 0. The van der Waals surface area contributed by atoms with Gasteiger partial charge in [0.25, 0.3) is 5.56 Å². The highest BCUT2D eigenvalue weighted by Gasteiger charge is 2.11. The molecule has 0 aliphatic rings. The lowest BCUT2D eigenvalue weighted by atomic mass is 10.2. The first-order valence-electron chi connectivity index (χ1n) is 8.82. The molecule has 3 heterocycles. The number of hydrogen-bond donors (Lipinski definition) is 1. The number of nitrogens with one attached hydrogen (secondary N) is 1. The fraction of sp³-hybridized carbons (Fsp3) is 0.200. The van der Waals surface area contributed by atoms with E-state index in [1.807, 2.05) is 23.6 Å². The maximum atomic E-state index is 12.0. The third kappa shape index (κ3) is 4.17. The van der Waals surface area contributed by atoms with E-state index in [0.717, 1.165) is 4.88 Å². The van der Waals surface area contributed by atoms with Crippen LogP contribution in [0.1, 0.15) is 24.4 Å². The first-order chi connectivity index (χ1) is 13.7. The monoisotopic (exact) mass is 395 g/mol. The van der Waals surface area contributed by atoms with Crippen molar-refractivity contribution in [2.24, 2.45) is 0 Å². The number of H-pyrrole nitrogens is 1. The van der Waals surface area contributed by atoms with Crippen molar-refractivity contribution in [1.29, 1.82) is 0 Å². The van der Waals surface area contributed by atoms with Crippen LogP contribution in [-0.4, -0.2) is 21.1 Å². The molecule has 0 atom stereocenters. The number of aryl methyl sites for hydroxylation is 1. The Balaban J connectivity index is 1.26. The summed E-state index contributed by atoms with van der Waals surface area (Å²) in [4.78, 5) is 32.1. The average Bonchev–Trinajstić information content (AvgIpc) is 3.38. The maximum Gasteiger partial charge on any atom is 0.306 e. The van der Waals surface area contributed by atoms with Gasteiger partial charge in [0.1, 0.15) is 18.1 Å². The number of nitrogens with zero attached hydrogens (tertiary/aromatic N) is 2. The zero-order chi connectivity index (χ0) is 19.3. The van der Waals surface area contributed by atoms with Gasteiger partial charge in [-0.2, -0.15) is 0 Å². The van der Waals surface area contributed by atoms with Crippen molar-refractivity contribution in [2.45, 2.75) is 25.9 Å². The fourth-order valence-corrected chi connectivity index (χ4v) is 3.47. The van der Waals surface area contributed by atoms with Crippen LogP contribution in [0.25, 0.3) is 21.5 Å². The van der Waals surface area contributed by atoms with E-state index in [1.54, 1.807) is 35.6 Å². The number of para-hydroxylation sites is 1. The van der Waals surface area contributed by atoms with E-state index < -0.39 is 0 Å². The molecule has 0 fully saturated rings. The van der Waals surface area contributed by atoms with Crippen molar-refractivity contribution >= 4 is 28.2 Å². The molecule has 3 aromatic heterocycles. The lowest BCUT2D eigenvalue weighted by Crippen LogP contribution is -2.12. The molecule has 4 aromatic rings. The number of aromatic amines is 1. The Morgan fingerprint density at radius 3 is 2.96 bits per heavy atom. The number of benzene rings is 1. The third-order valence-electron chi connectivity index (χ3n) is 4.16. The lowest BCUT2D eigenvalue weighted by molar-refractivity contribution is -0.145. The molecule has 0 aliphatic carbocycles. The van der Waals surface area contributed by atoms with Crippen molar-refractivity contribution < 1.29 is 14.1 Å². The van der Waals surface area contributed by atoms with E-state index in [0.29, 0.717) is 41.0 Å². The van der Waals surface area contributed by atoms with E-state index >= 15 is 0 Å². The molecule has 0 bridgehead atoms. The number of fused-ring (bicyclic) bond motifs is 1. The quantitative estimate of drug-likeness (QED) is 0.479. The van der Waals surface area contributed by atoms with E-state index in [-0.39, 0.29) is 24.6 Å². The van der Waals surface area contributed by atoms with Crippen molar-refractivity contribution in [3.05, 3.63) is 69.7 Å². The molecule has 0 unspecified atom stereocenters. The molecule has 0 radical (unpaired) electrons. The number of rotatable bonds is 7. The molecular weight excluding hydrogens is 378 g/mol. The first-order valence-corrected chi connectivity index (χ1v) is 9.70. The van der Waals surface area contributed by atoms with Crippen LogP contribution in [0, 0.1) is 0 Å². The minimum atomic E-state index is -0.330. The average molecular weight is 395 g/mol. The molecule has 0 aliphatic heterocycles. The van der Waals surface area contributed by atoms with Gasteiger partial charge >= 0.3 is 5.97 Å². The summed E-state index contributed by atoms with van der Waals surface area (Å²) in [6, 6.07) is 12.8. The van der Waals surface area contributed by atoms with Crippen LogP contribution in [-0.2, 0) is 22.6 Å². The Hall–Kier alpha value is -3.26. The van der Waals surface area contributed by atoms with Crippen LogP contribution in [0.4, 0.5) is 0 Å². The van der Waals surface area contributed by atoms with Gasteiger partial charge in [0.05, 0.1) is 15.8 Å². The standard InChI is InChI=1S/C20H17N3O4S/c24-19(26-12-13-11-16(27-23-13)17-7-4-10-28-17)9-3-8-18-21-15-6-2-1-5-14(15)20(25)22-18/h1-2,4-7,10-11H,3,8-9,12H2,(H,21,22,25). The molecule has 1 aromatic carbocycles. The van der Waals surface area contributed by atoms with Gasteiger partial charge in [0.2, 0.25) is 0 Å². The Bertz CT molecular complexity index is 1150. The summed E-state index contributed by atoms with van der Waals surface area (Å²) < 4.78 is 10.5. The van der Waals surface area contributed by atoms with E-state index in [4.69, 9.17) is 9.26 Å². The molecule has 4 rings (SSSR count). The predicted molar refractivity (Wildman–Crippen MR) is 105 cm³/mol. The summed E-state index contributed by atoms with van der Waals surface area (Å²) in [5, 5.41) is 6.42. The van der Waals surface area contributed by atoms with E-state index in [1.165, 1.54) is 0 Å². The van der Waals surface area contributed by atoms with Crippen LogP contribution in [0.3, 0.4) is 0 Å². The molecule has 0 saturated heterocycles. The van der Waals surface area contributed by atoms with Crippen LogP contribution < -0.4 is 5.56 Å². The smallest absolute Gasteiger partial charge is 0.306 e. The van der Waals surface area contributed by atoms with Gasteiger partial charge in [-0.25, -0.2) is 4.98 Å². The predicted octanol–water partition coefficient (Wildman–Crippen LogP) is 3.71. The van der Waals surface area contributed by atoms with Crippen LogP contribution in [0.15, 0.2) is 57.2 Å². The molecule has 8 heteroatoms. The molecule has 142 valence electrons. The highest BCUT2D eigenvalue weighted by Crippen LogP contribution is 2.25. The van der Waals surface area contributed by atoms with E-state index in [9.17, 15) is 9.59 Å². The molecular formula is C20H17N3O4S. The van der Waals surface area contributed by atoms with Gasteiger partial charge in [-0.3, -0.25) is 9.59 Å². The number of thiophene rings is 1. The summed E-state index contributed by atoms with van der Waals surface area (Å²) >= 11 is 1.55. The van der Waals surface area contributed by atoms with Gasteiger partial charge in [0, 0.05) is 18.9 Å². The zero-order valence-corrected chi connectivity index (χ0v) is 15.7. The number of carbonyl (C=O) groups excluding carboxylic acids is 1. The number of aromatic nitrogens is 3. The molecule has 0 amide bonds. The van der Waals surface area contributed by atoms with Gasteiger partial charge < -0.3 is 14.2 Å². The molecule has 1 N–H and O–H groups in total. The van der Waals surface area contributed by atoms with Gasteiger partial charge in [-0.1, -0.05) is 23.4 Å². The number of carbonyl (C=O) groups is 1. The second-order valence-corrected chi connectivity index (χ2v) is 7.15. The van der Waals surface area contributed by atoms with Crippen LogP contribution >= 0.6 is 11.3 Å². The SMILES string of the molecule is O=C(CCCc1nc2ccccc2c(=O)[nH]1)OCc1cc(-c2cccs2)on1. The largest absolute Gasteiger partial charge is 0.459 e. The highest BCUT2D eigenvalue weighted by molar-refractivity contribution is 7.13. The third-order valence-corrected chi connectivity index (χ3v) is 5.04. The Morgan fingerprint density at radius 1 is 1.21 bits per heavy atom. The van der Waals surface area contributed by atoms with Crippen molar-refractivity contribution in [2.75, 3.05) is 0 Å². The number of esters is 1. The van der Waals surface area contributed by atoms with Crippen LogP contribution in [0.2, 0.25) is 0 Å². The summed E-state index contributed by atoms with van der Waals surface area (Å²) in [5.74, 6) is 0.893. The van der Waals surface area contributed by atoms with Gasteiger partial charge in [-0.05, 0) is 30.0 Å². The Morgan fingerprint density at radius 2 is 2.11 bits per heavy atom. The first kappa shape index (κ1) is 18.1. The van der Waals surface area contributed by atoms with E-state index in [2.05, 4.69) is 15.1 Å². The van der Waals surface area contributed by atoms with Crippen molar-refractivity contribution in [3.63, 3.8) is 0 Å². The maximum absolute atomic E-state index is 12.0. The number of ether oxygens (including phenoxy) is 1. The topological polar surface area (TPSA) is 98.1 Å². The van der Waals surface area contributed by atoms with Crippen molar-refractivity contribution in [3.8, 4) is 10.6 Å². The minimum absolute atomic E-state index is 0.0682. The van der Waals surface area contributed by atoms with Gasteiger partial charge in [-0.15, -0.1) is 11.3 Å². The molecule has 7 nitrogen and oxygen atoms in total. The molecule has 0 saturated carbocycles. The molecule has 28 heavy (non-hydrogen) atoms. The van der Waals surface area contributed by atoms with Crippen LogP contribution in [0.5, 0.6) is 0 Å². The Labute approximate surface area is 164 Å². The molecule has 0 spiro atoms. The number of hydrogen-bond acceptors (Lipinski definition) is 7. The summed E-state index contributed by atoms with van der Waals surface area (Å²) in [6.45, 7) is 0.0682. The van der Waals surface area contributed by atoms with Gasteiger partial charge in [0.15, 0.2) is 5.76 Å². The van der Waals surface area contributed by atoms with Crippen molar-refractivity contribution in [1.82, 2.24) is 15.1 Å². The lowest BCUT2D eigenvalue weighted by Gasteiger charge is -2.04. The minimum Gasteiger partial charge on any atom is -0.459 e. The summed E-state index contributed by atoms with van der Waals surface area (Å²) in [6.07, 6.45) is 1.24. The fourth-order valence-electron chi connectivity index (χ4n) is 2.79. The zero-order valence-electron chi connectivity index (χ0n) is 14.9. The summed E-state index contributed by atoms with van der Waals surface area (Å²) in [5.41, 5.74) is 1.05. The second kappa shape index (κ2) is 8.18. The second-order valence-electron chi connectivity index (χ2n) is 6.20. The normalized spacial score (nSPS) is 11.0. The highest BCUT2D eigenvalue weighted by atomic mass is 32.1.